The first-order valence-electron chi connectivity index (χ1n) is 12.7. The zero-order chi connectivity index (χ0) is 23.2. The molecule has 33 heavy (non-hydrogen) atoms. The molecule has 0 radical (unpaired) electrons. The highest BCUT2D eigenvalue weighted by atomic mass is 19.1. The summed E-state index contributed by atoms with van der Waals surface area (Å²) in [6.45, 7) is 2.26. The largest absolute Gasteiger partial charge is 0.494 e. The van der Waals surface area contributed by atoms with Crippen molar-refractivity contribution < 1.29 is 13.5 Å². The van der Waals surface area contributed by atoms with Crippen LogP contribution in [0.4, 0.5) is 8.78 Å². The molecule has 0 saturated heterocycles. The van der Waals surface area contributed by atoms with Crippen LogP contribution in [0.25, 0.3) is 21.9 Å². The molecule has 0 aliphatic heterocycles. The lowest BCUT2D eigenvalue weighted by molar-refractivity contribution is 0.302. The molecule has 1 fully saturated rings. The Balaban J connectivity index is 1.49. The normalized spacial score (nSPS) is 18.5. The van der Waals surface area contributed by atoms with Crippen molar-refractivity contribution in [1.82, 2.24) is 0 Å². The second kappa shape index (κ2) is 11.1. The molecule has 3 aromatic carbocycles. The molecule has 1 nitrogen and oxygen atoms in total. The molecular formula is C30H36F2O. The molecule has 1 aliphatic carbocycles. The topological polar surface area (TPSA) is 9.23 Å². The lowest BCUT2D eigenvalue weighted by Crippen LogP contribution is -2.13. The highest BCUT2D eigenvalue weighted by Crippen LogP contribution is 2.41. The highest BCUT2D eigenvalue weighted by molar-refractivity contribution is 5.91. The number of ether oxygens (including phenoxy) is 1. The third-order valence-corrected chi connectivity index (χ3v) is 7.49. The van der Waals surface area contributed by atoms with E-state index < -0.39 is 5.82 Å². The van der Waals surface area contributed by atoms with E-state index in [4.69, 9.17) is 4.74 Å². The van der Waals surface area contributed by atoms with E-state index in [1.54, 1.807) is 18.2 Å². The molecule has 0 amide bonds. The minimum absolute atomic E-state index is 0.166. The van der Waals surface area contributed by atoms with Crippen molar-refractivity contribution in [2.45, 2.75) is 77.0 Å². The summed E-state index contributed by atoms with van der Waals surface area (Å²) < 4.78 is 34.8. The smallest absolute Gasteiger partial charge is 0.165 e. The van der Waals surface area contributed by atoms with E-state index in [1.165, 1.54) is 82.9 Å². The van der Waals surface area contributed by atoms with Crippen molar-refractivity contribution in [2.24, 2.45) is 5.92 Å². The van der Waals surface area contributed by atoms with Gasteiger partial charge in [-0.3, -0.25) is 0 Å². The molecule has 1 aliphatic rings. The number of fused-ring (bicyclic) bond motifs is 1. The summed E-state index contributed by atoms with van der Waals surface area (Å²) in [6, 6.07) is 14.4. The summed E-state index contributed by atoms with van der Waals surface area (Å²) in [5, 5.41) is 1.62. The fourth-order valence-corrected chi connectivity index (χ4v) is 5.56. The van der Waals surface area contributed by atoms with Gasteiger partial charge in [0, 0.05) is 10.9 Å². The van der Waals surface area contributed by atoms with Crippen LogP contribution >= 0.6 is 0 Å². The van der Waals surface area contributed by atoms with Gasteiger partial charge in [0.2, 0.25) is 0 Å². The van der Waals surface area contributed by atoms with Crippen molar-refractivity contribution >= 4 is 10.8 Å². The summed E-state index contributed by atoms with van der Waals surface area (Å²) in [5.74, 6) is 0.753. The quantitative estimate of drug-likeness (QED) is 0.295. The maximum Gasteiger partial charge on any atom is 0.165 e. The Morgan fingerprint density at radius 1 is 0.848 bits per heavy atom. The first-order chi connectivity index (χ1) is 16.1. The van der Waals surface area contributed by atoms with Crippen LogP contribution < -0.4 is 4.74 Å². The van der Waals surface area contributed by atoms with E-state index in [9.17, 15) is 4.39 Å². The molecule has 0 unspecified atom stereocenters. The van der Waals surface area contributed by atoms with E-state index in [0.29, 0.717) is 22.4 Å². The van der Waals surface area contributed by atoms with E-state index in [0.717, 1.165) is 11.3 Å². The van der Waals surface area contributed by atoms with Crippen LogP contribution in [0.15, 0.2) is 48.5 Å². The monoisotopic (exact) mass is 450 g/mol. The van der Waals surface area contributed by atoms with Crippen molar-refractivity contribution in [3.8, 4) is 16.9 Å². The Labute approximate surface area is 197 Å². The van der Waals surface area contributed by atoms with Gasteiger partial charge < -0.3 is 4.74 Å². The number of rotatable bonds is 9. The average Bonchev–Trinajstić information content (AvgIpc) is 2.84. The van der Waals surface area contributed by atoms with Crippen molar-refractivity contribution in [2.75, 3.05) is 7.11 Å². The molecule has 1 saturated carbocycles. The Morgan fingerprint density at radius 3 is 2.36 bits per heavy atom. The molecular weight excluding hydrogens is 414 g/mol. The zero-order valence-corrected chi connectivity index (χ0v) is 20.0. The van der Waals surface area contributed by atoms with E-state index in [-0.39, 0.29) is 11.6 Å². The van der Waals surface area contributed by atoms with Crippen LogP contribution in [0.1, 0.15) is 82.6 Å². The number of benzene rings is 3. The number of hydrogen-bond acceptors (Lipinski definition) is 1. The van der Waals surface area contributed by atoms with Crippen LogP contribution in [0.3, 0.4) is 0 Å². The molecule has 0 bridgehead atoms. The molecule has 4 rings (SSSR count). The van der Waals surface area contributed by atoms with Gasteiger partial charge in [0.25, 0.3) is 0 Å². The predicted molar refractivity (Wildman–Crippen MR) is 134 cm³/mol. The molecule has 0 atom stereocenters. The average molecular weight is 451 g/mol. The highest BCUT2D eigenvalue weighted by Gasteiger charge is 2.24. The van der Waals surface area contributed by atoms with Gasteiger partial charge >= 0.3 is 0 Å². The van der Waals surface area contributed by atoms with Gasteiger partial charge in [-0.25, -0.2) is 8.78 Å². The molecule has 0 N–H and O–H groups in total. The standard InChI is InChI=1S/C30H36F2O/c1-3-4-5-6-7-9-21-12-14-22(15-13-21)24-10-8-11-27-26(24)18-17-25(30(27)32)23-16-19-29(33-2)28(31)20-23/h8,10-11,16-22H,3-7,9,12-15H2,1-2H3. The number of unbranched alkanes of at least 4 members (excludes halogenated alkanes) is 4. The maximum absolute atomic E-state index is 15.6. The van der Waals surface area contributed by atoms with Crippen LogP contribution in [-0.2, 0) is 0 Å². The Bertz CT molecular complexity index is 1070. The molecule has 3 aromatic rings. The minimum Gasteiger partial charge on any atom is -0.494 e. The number of methoxy groups -OCH3 is 1. The van der Waals surface area contributed by atoms with E-state index >= 15 is 4.39 Å². The van der Waals surface area contributed by atoms with Gasteiger partial charge in [0.05, 0.1) is 7.11 Å². The van der Waals surface area contributed by atoms with Gasteiger partial charge in [-0.2, -0.15) is 0 Å². The zero-order valence-electron chi connectivity index (χ0n) is 20.0. The summed E-state index contributed by atoms with van der Waals surface area (Å²) in [5.41, 5.74) is 2.21. The third kappa shape index (κ3) is 5.39. The third-order valence-electron chi connectivity index (χ3n) is 7.49. The number of hydrogen-bond donors (Lipinski definition) is 0. The Morgan fingerprint density at radius 2 is 1.64 bits per heavy atom. The van der Waals surface area contributed by atoms with Crippen molar-refractivity contribution in [3.63, 3.8) is 0 Å². The van der Waals surface area contributed by atoms with Gasteiger partial charge in [0.1, 0.15) is 5.82 Å². The first-order valence-corrected chi connectivity index (χ1v) is 12.7. The van der Waals surface area contributed by atoms with Crippen molar-refractivity contribution in [1.29, 1.82) is 0 Å². The SMILES string of the molecule is CCCCCCCC1CCC(c2cccc3c(F)c(-c4ccc(OC)c(F)c4)ccc23)CC1. The van der Waals surface area contributed by atoms with Crippen molar-refractivity contribution in [3.05, 3.63) is 65.7 Å². The van der Waals surface area contributed by atoms with E-state index in [1.807, 2.05) is 18.2 Å². The van der Waals surface area contributed by atoms with Crippen LogP contribution in [-0.4, -0.2) is 7.11 Å². The Hall–Kier alpha value is -2.42. The molecule has 176 valence electrons. The van der Waals surface area contributed by atoms with Gasteiger partial charge in [0.15, 0.2) is 11.6 Å². The summed E-state index contributed by atoms with van der Waals surface area (Å²) in [7, 11) is 1.43. The van der Waals surface area contributed by atoms with Gasteiger partial charge in [-0.15, -0.1) is 0 Å². The van der Waals surface area contributed by atoms with Gasteiger partial charge in [-0.05, 0) is 66.2 Å². The fourth-order valence-electron chi connectivity index (χ4n) is 5.56. The van der Waals surface area contributed by atoms with Crippen LogP contribution in [0, 0.1) is 17.6 Å². The Kier molecular flexibility index (Phi) is 8.01. The van der Waals surface area contributed by atoms with Crippen LogP contribution in [0.5, 0.6) is 5.75 Å². The first kappa shape index (κ1) is 23.7. The van der Waals surface area contributed by atoms with E-state index in [2.05, 4.69) is 13.0 Å². The van der Waals surface area contributed by atoms with Gasteiger partial charge in [-0.1, -0.05) is 81.8 Å². The summed E-state index contributed by atoms with van der Waals surface area (Å²) >= 11 is 0. The maximum atomic E-state index is 15.6. The lowest BCUT2D eigenvalue weighted by atomic mass is 9.76. The second-order valence-corrected chi connectivity index (χ2v) is 9.64. The predicted octanol–water partition coefficient (Wildman–Crippen LogP) is 9.43. The molecule has 3 heteroatoms. The van der Waals surface area contributed by atoms with Crippen LogP contribution in [0.2, 0.25) is 0 Å². The molecule has 0 spiro atoms. The second-order valence-electron chi connectivity index (χ2n) is 9.64. The lowest BCUT2D eigenvalue weighted by Gasteiger charge is -2.29. The molecule has 0 aromatic heterocycles. The fraction of sp³-hybridized carbons (Fsp3) is 0.467. The minimum atomic E-state index is -0.481. The summed E-state index contributed by atoms with van der Waals surface area (Å²) in [4.78, 5) is 0. The molecule has 0 heterocycles. The summed E-state index contributed by atoms with van der Waals surface area (Å²) in [6.07, 6.45) is 13.1. The number of halogens is 2.